The average molecular weight is 348 g/mol. The lowest BCUT2D eigenvalue weighted by Gasteiger charge is -2.05. The van der Waals surface area contributed by atoms with Gasteiger partial charge in [-0.05, 0) is 29.8 Å². The third-order valence-electron chi connectivity index (χ3n) is 3.19. The second kappa shape index (κ2) is 6.44. The van der Waals surface area contributed by atoms with Gasteiger partial charge < -0.3 is 0 Å². The van der Waals surface area contributed by atoms with Crippen LogP contribution in [0.5, 0.6) is 0 Å². The summed E-state index contributed by atoms with van der Waals surface area (Å²) in [5.74, 6) is 0.280. The Kier molecular flexibility index (Phi) is 4.36. The van der Waals surface area contributed by atoms with Gasteiger partial charge in [-0.15, -0.1) is 0 Å². The molecular formula is C16H14ClN3O2S. The Balaban J connectivity index is 1.73. The maximum Gasteiger partial charge on any atom is 0.263 e. The summed E-state index contributed by atoms with van der Waals surface area (Å²) in [5, 5.41) is 4.90. The monoisotopic (exact) mass is 347 g/mol. The molecule has 3 rings (SSSR count). The molecule has 0 radical (unpaired) electrons. The molecule has 0 atom stereocenters. The summed E-state index contributed by atoms with van der Waals surface area (Å²) in [6.07, 6.45) is 1.72. The predicted octanol–water partition coefficient (Wildman–Crippen LogP) is 3.39. The van der Waals surface area contributed by atoms with E-state index in [0.29, 0.717) is 11.6 Å². The van der Waals surface area contributed by atoms with Gasteiger partial charge in [-0.2, -0.15) is 5.10 Å². The Hall–Kier alpha value is -2.31. The number of nitrogens with zero attached hydrogens (tertiary/aromatic N) is 2. The molecule has 0 aliphatic heterocycles. The second-order valence-corrected chi connectivity index (χ2v) is 7.06. The van der Waals surface area contributed by atoms with Crippen molar-refractivity contribution in [2.24, 2.45) is 0 Å². The van der Waals surface area contributed by atoms with Gasteiger partial charge in [0.25, 0.3) is 10.0 Å². The van der Waals surface area contributed by atoms with Crippen molar-refractivity contribution in [3.8, 4) is 0 Å². The van der Waals surface area contributed by atoms with Crippen LogP contribution in [-0.2, 0) is 16.6 Å². The number of nitrogens with one attached hydrogen (secondary N) is 1. The first-order chi connectivity index (χ1) is 11.0. The van der Waals surface area contributed by atoms with Crippen LogP contribution in [0.15, 0.2) is 71.8 Å². The normalized spacial score (nSPS) is 11.3. The molecule has 0 unspecified atom stereocenters. The summed E-state index contributed by atoms with van der Waals surface area (Å²) in [6, 6.07) is 17.2. The van der Waals surface area contributed by atoms with Gasteiger partial charge >= 0.3 is 0 Å². The second-order valence-electron chi connectivity index (χ2n) is 4.94. The molecule has 23 heavy (non-hydrogen) atoms. The van der Waals surface area contributed by atoms with Crippen molar-refractivity contribution in [3.63, 3.8) is 0 Å². The van der Waals surface area contributed by atoms with Crippen molar-refractivity contribution in [2.45, 2.75) is 11.4 Å². The third-order valence-corrected chi connectivity index (χ3v) is 4.81. The van der Waals surface area contributed by atoms with Gasteiger partial charge in [0, 0.05) is 17.3 Å². The molecule has 1 N–H and O–H groups in total. The van der Waals surface area contributed by atoms with E-state index in [0.717, 1.165) is 5.56 Å². The molecule has 0 amide bonds. The Morgan fingerprint density at radius 2 is 1.70 bits per heavy atom. The summed E-state index contributed by atoms with van der Waals surface area (Å²) in [7, 11) is -3.62. The van der Waals surface area contributed by atoms with Crippen LogP contribution in [0.2, 0.25) is 5.02 Å². The Labute approximate surface area is 139 Å². The molecule has 0 saturated carbocycles. The minimum atomic E-state index is -3.62. The molecule has 0 fully saturated rings. The fourth-order valence-electron chi connectivity index (χ4n) is 2.08. The zero-order valence-corrected chi connectivity index (χ0v) is 13.6. The van der Waals surface area contributed by atoms with Crippen molar-refractivity contribution in [3.05, 3.63) is 77.4 Å². The fraction of sp³-hybridized carbons (Fsp3) is 0.0625. The zero-order chi connectivity index (χ0) is 16.3. The third kappa shape index (κ3) is 3.91. The molecule has 118 valence electrons. The van der Waals surface area contributed by atoms with Gasteiger partial charge in [-0.3, -0.25) is 9.40 Å². The topological polar surface area (TPSA) is 64.0 Å². The highest BCUT2D eigenvalue weighted by Gasteiger charge is 2.14. The summed E-state index contributed by atoms with van der Waals surface area (Å²) < 4.78 is 28.6. The number of hydrogen-bond donors (Lipinski definition) is 1. The lowest BCUT2D eigenvalue weighted by Crippen LogP contribution is -2.13. The van der Waals surface area contributed by atoms with E-state index in [-0.39, 0.29) is 10.7 Å². The van der Waals surface area contributed by atoms with Crippen LogP contribution in [0.4, 0.5) is 5.82 Å². The van der Waals surface area contributed by atoms with Crippen LogP contribution in [0.3, 0.4) is 0 Å². The standard InChI is InChI=1S/C16H14ClN3O2S/c17-14-8-6-13(7-9-14)12-20-11-10-16(18-20)19-23(21,22)15-4-2-1-3-5-15/h1-11H,12H2,(H,18,19). The van der Waals surface area contributed by atoms with E-state index in [1.54, 1.807) is 47.3 Å². The van der Waals surface area contributed by atoms with Gasteiger partial charge in [0.1, 0.15) is 0 Å². The maximum atomic E-state index is 12.2. The molecule has 1 heterocycles. The van der Waals surface area contributed by atoms with E-state index >= 15 is 0 Å². The van der Waals surface area contributed by atoms with Gasteiger partial charge in [0.15, 0.2) is 5.82 Å². The molecule has 0 aliphatic carbocycles. The molecule has 0 aliphatic rings. The van der Waals surface area contributed by atoms with Crippen LogP contribution in [0, 0.1) is 0 Å². The van der Waals surface area contributed by atoms with Crippen LogP contribution < -0.4 is 4.72 Å². The highest BCUT2D eigenvalue weighted by molar-refractivity contribution is 7.92. The number of halogens is 1. The quantitative estimate of drug-likeness (QED) is 0.769. The number of anilines is 1. The Bertz CT molecular complexity index is 891. The van der Waals surface area contributed by atoms with E-state index in [2.05, 4.69) is 9.82 Å². The Morgan fingerprint density at radius 3 is 2.39 bits per heavy atom. The minimum Gasteiger partial charge on any atom is -0.266 e. The first-order valence-corrected chi connectivity index (χ1v) is 8.75. The zero-order valence-electron chi connectivity index (χ0n) is 12.1. The number of hydrogen-bond acceptors (Lipinski definition) is 3. The van der Waals surface area contributed by atoms with Crippen LogP contribution in [0.25, 0.3) is 0 Å². The molecule has 3 aromatic rings. The first kappa shape index (κ1) is 15.6. The van der Waals surface area contributed by atoms with Crippen LogP contribution >= 0.6 is 11.6 Å². The lowest BCUT2D eigenvalue weighted by molar-refractivity contribution is 0.600. The van der Waals surface area contributed by atoms with E-state index in [1.165, 1.54) is 12.1 Å². The SMILES string of the molecule is O=S(=O)(Nc1ccn(Cc2ccc(Cl)cc2)n1)c1ccccc1. The number of rotatable bonds is 5. The summed E-state index contributed by atoms with van der Waals surface area (Å²) in [6.45, 7) is 0.532. The smallest absolute Gasteiger partial charge is 0.263 e. The first-order valence-electron chi connectivity index (χ1n) is 6.89. The fourth-order valence-corrected chi connectivity index (χ4v) is 3.22. The number of aromatic nitrogens is 2. The molecule has 0 bridgehead atoms. The van der Waals surface area contributed by atoms with Gasteiger partial charge in [-0.1, -0.05) is 41.9 Å². The lowest BCUT2D eigenvalue weighted by atomic mass is 10.2. The predicted molar refractivity (Wildman–Crippen MR) is 90.0 cm³/mol. The molecular weight excluding hydrogens is 334 g/mol. The average Bonchev–Trinajstić information content (AvgIpc) is 2.97. The van der Waals surface area contributed by atoms with Gasteiger partial charge in [-0.25, -0.2) is 8.42 Å². The molecule has 5 nitrogen and oxygen atoms in total. The highest BCUT2D eigenvalue weighted by atomic mass is 35.5. The van der Waals surface area contributed by atoms with Crippen molar-refractivity contribution in [2.75, 3.05) is 4.72 Å². The van der Waals surface area contributed by atoms with Crippen molar-refractivity contribution in [1.82, 2.24) is 9.78 Å². The van der Waals surface area contributed by atoms with Crippen molar-refractivity contribution >= 4 is 27.4 Å². The van der Waals surface area contributed by atoms with Gasteiger partial charge in [0.05, 0.1) is 11.4 Å². The molecule has 0 saturated heterocycles. The summed E-state index contributed by atoms with van der Waals surface area (Å²) >= 11 is 5.85. The Morgan fingerprint density at radius 1 is 1.00 bits per heavy atom. The number of benzene rings is 2. The highest BCUT2D eigenvalue weighted by Crippen LogP contribution is 2.15. The molecule has 7 heteroatoms. The minimum absolute atomic E-state index is 0.201. The van der Waals surface area contributed by atoms with Crippen LogP contribution in [-0.4, -0.2) is 18.2 Å². The summed E-state index contributed by atoms with van der Waals surface area (Å²) in [5.41, 5.74) is 1.02. The summed E-state index contributed by atoms with van der Waals surface area (Å²) in [4.78, 5) is 0.201. The van der Waals surface area contributed by atoms with E-state index in [9.17, 15) is 8.42 Å². The van der Waals surface area contributed by atoms with Crippen molar-refractivity contribution < 1.29 is 8.42 Å². The largest absolute Gasteiger partial charge is 0.266 e. The van der Waals surface area contributed by atoms with Gasteiger partial charge in [0.2, 0.25) is 0 Å². The maximum absolute atomic E-state index is 12.2. The van der Waals surface area contributed by atoms with E-state index in [4.69, 9.17) is 11.6 Å². The molecule has 0 spiro atoms. The van der Waals surface area contributed by atoms with E-state index in [1.807, 2.05) is 12.1 Å². The molecule has 2 aromatic carbocycles. The number of sulfonamides is 1. The van der Waals surface area contributed by atoms with Crippen molar-refractivity contribution in [1.29, 1.82) is 0 Å². The van der Waals surface area contributed by atoms with E-state index < -0.39 is 10.0 Å². The molecule has 1 aromatic heterocycles. The van der Waals surface area contributed by atoms with Crippen LogP contribution in [0.1, 0.15) is 5.56 Å².